The molecule has 0 unspecified atom stereocenters. The number of carbonyl (C=O) groups is 2. The van der Waals surface area contributed by atoms with Crippen LogP contribution in [-0.2, 0) is 0 Å². The molecule has 6 aromatic rings. The Bertz CT molecular complexity index is 2460. The summed E-state index contributed by atoms with van der Waals surface area (Å²) in [5, 5.41) is 25.5. The van der Waals surface area contributed by atoms with Crippen molar-refractivity contribution in [2.45, 2.75) is 113 Å². The molecule has 0 radical (unpaired) electrons. The van der Waals surface area contributed by atoms with Gasteiger partial charge < -0.3 is 30.6 Å². The normalized spacial score (nSPS) is 23.6. The van der Waals surface area contributed by atoms with Crippen LogP contribution in [0.1, 0.15) is 121 Å². The molecular weight excluding hydrogens is 829 g/mol. The summed E-state index contributed by atoms with van der Waals surface area (Å²) >= 11 is 0. The average molecular weight is 881 g/mol. The zero-order valence-electron chi connectivity index (χ0n) is 35.4. The van der Waals surface area contributed by atoms with E-state index in [-0.39, 0.29) is 48.2 Å². The molecule has 4 N–H and O–H groups in total. The molecule has 2 saturated carbocycles. The van der Waals surface area contributed by atoms with E-state index < -0.39 is 23.3 Å². The Morgan fingerprint density at radius 3 is 1.36 bits per heavy atom. The van der Waals surface area contributed by atoms with Crippen LogP contribution in [0.5, 0.6) is 0 Å². The lowest BCUT2D eigenvalue weighted by Crippen LogP contribution is -2.39. The number of halogens is 4. The first-order valence-corrected chi connectivity index (χ1v) is 22.3. The molecule has 2 saturated heterocycles. The molecule has 64 heavy (non-hydrogen) atoms. The van der Waals surface area contributed by atoms with Crippen LogP contribution in [0.3, 0.4) is 0 Å². The summed E-state index contributed by atoms with van der Waals surface area (Å²) in [7, 11) is 0. The third-order valence-electron chi connectivity index (χ3n) is 13.3. The highest BCUT2D eigenvalue weighted by atomic mass is 19.1. The Hall–Kier alpha value is -6.00. The fourth-order valence-corrected chi connectivity index (χ4v) is 9.91. The number of fused-ring (bicyclic) bond motifs is 2. The van der Waals surface area contributed by atoms with Gasteiger partial charge >= 0.3 is 0 Å². The maximum absolute atomic E-state index is 14.5. The smallest absolute Gasteiger partial charge is 0.270 e. The van der Waals surface area contributed by atoms with Crippen molar-refractivity contribution in [2.75, 3.05) is 22.9 Å². The Morgan fingerprint density at radius 1 is 0.547 bits per heavy atom. The number of nitrogens with one attached hydrogen (secondary N) is 2. The number of carbonyl (C=O) groups excluding carboxylic acids is 2. The number of hydrogen-bond donors (Lipinski definition) is 4. The number of anilines is 2. The van der Waals surface area contributed by atoms with Crippen LogP contribution in [0.15, 0.2) is 85.5 Å². The van der Waals surface area contributed by atoms with Crippen molar-refractivity contribution < 1.29 is 37.4 Å². The summed E-state index contributed by atoms with van der Waals surface area (Å²) in [5.41, 5.74) is 4.52. The number of rotatable bonds is 8. The summed E-state index contributed by atoms with van der Waals surface area (Å²) in [5.74, 6) is -2.13. The summed E-state index contributed by atoms with van der Waals surface area (Å²) in [6.45, 7) is 1.43. The van der Waals surface area contributed by atoms with E-state index in [0.29, 0.717) is 72.6 Å². The first-order valence-electron chi connectivity index (χ1n) is 22.3. The molecule has 2 aliphatic carbocycles. The fourth-order valence-electron chi connectivity index (χ4n) is 9.91. The van der Waals surface area contributed by atoms with Gasteiger partial charge in [-0.1, -0.05) is 0 Å². The van der Waals surface area contributed by atoms with Crippen molar-refractivity contribution in [1.29, 1.82) is 0 Å². The SMILES string of the molecule is O=C(NC1CCC(O)CC1)c1cnc2ccc(N3CCC[C@@H]3c3cc(F)ccc3F)cn12.O=C(NC1CCC(O)CC1)c1cnc2ccc(N3CCC[C@H]3c3cc(F)ccc3F)cn12. The van der Waals surface area contributed by atoms with E-state index >= 15 is 0 Å². The van der Waals surface area contributed by atoms with Crippen LogP contribution in [0.25, 0.3) is 11.3 Å². The van der Waals surface area contributed by atoms with Gasteiger partial charge in [-0.05, 0) is 138 Å². The maximum Gasteiger partial charge on any atom is 0.270 e. The first-order chi connectivity index (χ1) is 31.0. The molecule has 2 amide bonds. The fraction of sp³-hybridized carbons (Fsp3) is 0.417. The number of amides is 2. The molecule has 0 bridgehead atoms. The van der Waals surface area contributed by atoms with E-state index in [2.05, 4.69) is 30.4 Å². The third kappa shape index (κ3) is 9.16. The van der Waals surface area contributed by atoms with Crippen molar-refractivity contribution in [3.05, 3.63) is 131 Å². The Balaban J connectivity index is 0.000000162. The lowest BCUT2D eigenvalue weighted by molar-refractivity contribution is 0.0858. The first kappa shape index (κ1) is 43.3. The summed E-state index contributed by atoms with van der Waals surface area (Å²) in [4.78, 5) is 38.7. The number of nitrogens with zero attached hydrogens (tertiary/aromatic N) is 6. The number of aromatic nitrogens is 4. The van der Waals surface area contributed by atoms with E-state index in [1.807, 2.05) is 36.7 Å². The quantitative estimate of drug-likeness (QED) is 0.113. The van der Waals surface area contributed by atoms with Crippen LogP contribution in [0.2, 0.25) is 0 Å². The van der Waals surface area contributed by atoms with Gasteiger partial charge in [0.2, 0.25) is 0 Å². The second kappa shape index (κ2) is 18.6. The van der Waals surface area contributed by atoms with Gasteiger partial charge in [-0.2, -0.15) is 0 Å². The van der Waals surface area contributed by atoms with E-state index in [1.54, 1.807) is 21.2 Å². The number of imidazole rings is 2. The Kier molecular flexibility index (Phi) is 12.6. The standard InChI is InChI=1S/2C24H26F2N4O2/c2*25-15-3-9-20(26)19(12-15)21-2-1-11-29(21)17-6-10-23-27-13-22(30(23)14-17)24(32)28-16-4-7-18(31)8-5-16/h2*3,6,9-10,12-14,16,18,21,31H,1-2,4-5,7-8,11H2,(H,28,32)/t2*16?,18?,21-/m10/s1. The summed E-state index contributed by atoms with van der Waals surface area (Å²) < 4.78 is 60.0. The topological polar surface area (TPSA) is 140 Å². The van der Waals surface area contributed by atoms with Crippen molar-refractivity contribution in [3.63, 3.8) is 0 Å². The van der Waals surface area contributed by atoms with Gasteiger partial charge in [0.05, 0.1) is 48.1 Å². The van der Waals surface area contributed by atoms with Crippen molar-refractivity contribution in [3.8, 4) is 0 Å². The molecular formula is C48H52F4N8O4. The van der Waals surface area contributed by atoms with E-state index in [4.69, 9.17) is 0 Å². The minimum absolute atomic E-state index is 0.0403. The molecule has 2 atom stereocenters. The second-order valence-corrected chi connectivity index (χ2v) is 17.5. The molecule has 4 fully saturated rings. The second-order valence-electron chi connectivity index (χ2n) is 17.5. The minimum Gasteiger partial charge on any atom is -0.393 e. The van der Waals surface area contributed by atoms with E-state index in [9.17, 15) is 37.4 Å². The number of aliphatic hydroxyl groups is 2. The number of hydrogen-bond acceptors (Lipinski definition) is 8. The number of benzene rings is 2. The van der Waals surface area contributed by atoms with Gasteiger partial charge in [0, 0.05) is 48.7 Å². The molecule has 16 heteroatoms. The summed E-state index contributed by atoms with van der Waals surface area (Å²) in [6.07, 6.45) is 15.2. The lowest BCUT2D eigenvalue weighted by atomic mass is 9.93. The minimum atomic E-state index is -0.451. The molecule has 2 aromatic carbocycles. The number of aliphatic hydroxyl groups excluding tert-OH is 2. The third-order valence-corrected chi connectivity index (χ3v) is 13.3. The zero-order chi connectivity index (χ0) is 44.5. The molecule has 0 spiro atoms. The molecule has 6 heterocycles. The van der Waals surface area contributed by atoms with Gasteiger partial charge in [0.15, 0.2) is 0 Å². The van der Waals surface area contributed by atoms with Crippen LogP contribution in [0, 0.1) is 23.3 Å². The van der Waals surface area contributed by atoms with Crippen molar-refractivity contribution in [1.82, 2.24) is 29.4 Å². The van der Waals surface area contributed by atoms with Gasteiger partial charge in [0.1, 0.15) is 46.0 Å². The monoisotopic (exact) mass is 880 g/mol. The van der Waals surface area contributed by atoms with Crippen LogP contribution in [0.4, 0.5) is 28.9 Å². The highest BCUT2D eigenvalue weighted by molar-refractivity contribution is 5.94. The van der Waals surface area contributed by atoms with Crippen molar-refractivity contribution in [2.24, 2.45) is 0 Å². The average Bonchev–Trinajstić information content (AvgIpc) is 4.13. The Morgan fingerprint density at radius 2 is 0.953 bits per heavy atom. The van der Waals surface area contributed by atoms with Crippen molar-refractivity contribution >= 4 is 34.5 Å². The van der Waals surface area contributed by atoms with Gasteiger partial charge in [-0.25, -0.2) is 27.5 Å². The summed E-state index contributed by atoms with van der Waals surface area (Å²) in [6, 6.07) is 14.2. The zero-order valence-corrected chi connectivity index (χ0v) is 35.4. The molecule has 336 valence electrons. The van der Waals surface area contributed by atoms with E-state index in [0.717, 1.165) is 74.9 Å². The predicted octanol–water partition coefficient (Wildman–Crippen LogP) is 7.97. The Labute approximate surface area is 367 Å². The van der Waals surface area contributed by atoms with Gasteiger partial charge in [-0.15, -0.1) is 0 Å². The largest absolute Gasteiger partial charge is 0.393 e. The highest BCUT2D eigenvalue weighted by Gasteiger charge is 2.32. The van der Waals surface area contributed by atoms with Gasteiger partial charge in [0.25, 0.3) is 11.8 Å². The van der Waals surface area contributed by atoms with Gasteiger partial charge in [-0.3, -0.25) is 18.4 Å². The highest BCUT2D eigenvalue weighted by Crippen LogP contribution is 2.39. The van der Waals surface area contributed by atoms with Crippen LogP contribution < -0.4 is 20.4 Å². The van der Waals surface area contributed by atoms with E-state index in [1.165, 1.54) is 24.3 Å². The number of pyridine rings is 2. The molecule has 4 aliphatic rings. The molecule has 2 aliphatic heterocycles. The van der Waals surface area contributed by atoms with Crippen LogP contribution in [-0.4, -0.2) is 78.2 Å². The lowest BCUT2D eigenvalue weighted by Gasteiger charge is -2.28. The predicted molar refractivity (Wildman–Crippen MR) is 233 cm³/mol. The molecule has 10 rings (SSSR count). The molecule has 4 aromatic heterocycles. The maximum atomic E-state index is 14.5. The molecule has 12 nitrogen and oxygen atoms in total. The van der Waals surface area contributed by atoms with Crippen LogP contribution >= 0.6 is 0 Å².